The van der Waals surface area contributed by atoms with Crippen molar-refractivity contribution in [3.8, 4) is 0 Å². The van der Waals surface area contributed by atoms with Gasteiger partial charge in [0.1, 0.15) is 4.90 Å². The van der Waals surface area contributed by atoms with Gasteiger partial charge in [-0.05, 0) is 31.0 Å². The molecule has 126 valence electrons. The molecule has 1 aromatic carbocycles. The van der Waals surface area contributed by atoms with Crippen LogP contribution < -0.4 is 5.32 Å². The van der Waals surface area contributed by atoms with Crippen LogP contribution in [0.2, 0.25) is 5.02 Å². The number of rotatable bonds is 3. The van der Waals surface area contributed by atoms with E-state index in [0.29, 0.717) is 19.1 Å². The van der Waals surface area contributed by atoms with Crippen molar-refractivity contribution in [3.63, 3.8) is 0 Å². The number of carbonyl (C=O) groups is 1. The first-order valence-corrected chi connectivity index (χ1v) is 9.99. The summed E-state index contributed by atoms with van der Waals surface area (Å²) in [5.41, 5.74) is 0. The second kappa shape index (κ2) is 6.58. The number of nitrogens with zero attached hydrogens (tertiary/aromatic N) is 2. The van der Waals surface area contributed by atoms with Crippen LogP contribution in [-0.4, -0.2) is 55.9 Å². The fourth-order valence-corrected chi connectivity index (χ4v) is 4.88. The van der Waals surface area contributed by atoms with Crippen molar-refractivity contribution in [1.82, 2.24) is 14.5 Å². The van der Waals surface area contributed by atoms with Gasteiger partial charge in [-0.1, -0.05) is 27.5 Å². The highest BCUT2D eigenvalue weighted by molar-refractivity contribution is 9.10. The van der Waals surface area contributed by atoms with Crippen molar-refractivity contribution in [3.05, 3.63) is 27.7 Å². The zero-order valence-electron chi connectivity index (χ0n) is 12.3. The minimum absolute atomic E-state index is 0.0956. The van der Waals surface area contributed by atoms with Gasteiger partial charge in [-0.25, -0.2) is 13.2 Å². The molecule has 9 heteroatoms. The van der Waals surface area contributed by atoms with Gasteiger partial charge in [0, 0.05) is 36.7 Å². The van der Waals surface area contributed by atoms with Crippen molar-refractivity contribution in [2.24, 2.45) is 0 Å². The summed E-state index contributed by atoms with van der Waals surface area (Å²) in [6.45, 7) is 1.30. The highest BCUT2D eigenvalue weighted by Crippen LogP contribution is 2.28. The monoisotopic (exact) mass is 421 g/mol. The summed E-state index contributed by atoms with van der Waals surface area (Å²) in [5.74, 6) is 0. The minimum Gasteiger partial charge on any atom is -0.335 e. The van der Waals surface area contributed by atoms with Crippen LogP contribution in [0.1, 0.15) is 12.8 Å². The standard InChI is InChI=1S/C14H17BrClN3O3S/c15-10-1-4-13(12(16)9-10)23(21,22)19-7-5-18(6-8-19)14(20)17-11-2-3-11/h1,4,9,11H,2-3,5-8H2,(H,17,20). The van der Waals surface area contributed by atoms with Gasteiger partial charge >= 0.3 is 6.03 Å². The van der Waals surface area contributed by atoms with Crippen molar-refractivity contribution in [2.75, 3.05) is 26.2 Å². The number of urea groups is 1. The van der Waals surface area contributed by atoms with Gasteiger partial charge in [-0.2, -0.15) is 4.31 Å². The molecule has 0 radical (unpaired) electrons. The van der Waals surface area contributed by atoms with Gasteiger partial charge in [-0.3, -0.25) is 0 Å². The molecule has 0 aromatic heterocycles. The van der Waals surface area contributed by atoms with Crippen LogP contribution in [-0.2, 0) is 10.0 Å². The van der Waals surface area contributed by atoms with Crippen LogP contribution in [0.3, 0.4) is 0 Å². The van der Waals surface area contributed by atoms with Crippen LogP contribution in [0.25, 0.3) is 0 Å². The van der Waals surface area contributed by atoms with E-state index in [2.05, 4.69) is 21.2 Å². The number of benzene rings is 1. The Kier molecular flexibility index (Phi) is 4.87. The lowest BCUT2D eigenvalue weighted by Gasteiger charge is -2.34. The van der Waals surface area contributed by atoms with Crippen LogP contribution in [0, 0.1) is 0 Å². The van der Waals surface area contributed by atoms with E-state index in [1.807, 2.05) is 0 Å². The first kappa shape index (κ1) is 17.0. The van der Waals surface area contributed by atoms with E-state index in [1.165, 1.54) is 10.4 Å². The molecule has 1 saturated heterocycles. The number of sulfonamides is 1. The summed E-state index contributed by atoms with van der Waals surface area (Å²) in [6.07, 6.45) is 2.06. The molecule has 0 bridgehead atoms. The van der Waals surface area contributed by atoms with Crippen molar-refractivity contribution < 1.29 is 13.2 Å². The third-order valence-corrected chi connectivity index (χ3v) is 6.82. The highest BCUT2D eigenvalue weighted by atomic mass is 79.9. The molecule has 1 aliphatic heterocycles. The number of piperazine rings is 1. The van der Waals surface area contributed by atoms with Crippen molar-refractivity contribution in [2.45, 2.75) is 23.8 Å². The number of hydrogen-bond acceptors (Lipinski definition) is 3. The van der Waals surface area contributed by atoms with Crippen molar-refractivity contribution in [1.29, 1.82) is 0 Å². The maximum Gasteiger partial charge on any atom is 0.317 e. The predicted molar refractivity (Wildman–Crippen MR) is 91.0 cm³/mol. The zero-order valence-corrected chi connectivity index (χ0v) is 15.5. The number of amides is 2. The topological polar surface area (TPSA) is 69.7 Å². The molecule has 2 aliphatic rings. The Balaban J connectivity index is 1.67. The summed E-state index contributed by atoms with van der Waals surface area (Å²) in [7, 11) is -3.65. The largest absolute Gasteiger partial charge is 0.335 e. The molecule has 0 spiro atoms. The summed E-state index contributed by atoms with van der Waals surface area (Å²) in [5, 5.41) is 3.11. The third kappa shape index (κ3) is 3.81. The Morgan fingerprint density at radius 1 is 1.22 bits per heavy atom. The van der Waals surface area contributed by atoms with Gasteiger partial charge in [0.15, 0.2) is 0 Å². The van der Waals surface area contributed by atoms with Crippen LogP contribution in [0.15, 0.2) is 27.6 Å². The summed E-state index contributed by atoms with van der Waals surface area (Å²) in [4.78, 5) is 13.7. The molecule has 6 nitrogen and oxygen atoms in total. The molecular weight excluding hydrogens is 406 g/mol. The summed E-state index contributed by atoms with van der Waals surface area (Å²) >= 11 is 9.33. The predicted octanol–water partition coefficient (Wildman–Crippen LogP) is 2.28. The molecule has 2 fully saturated rings. The lowest BCUT2D eigenvalue weighted by atomic mass is 10.4. The lowest BCUT2D eigenvalue weighted by molar-refractivity contribution is 0.172. The van der Waals surface area contributed by atoms with Gasteiger partial charge in [-0.15, -0.1) is 0 Å². The second-order valence-corrected chi connectivity index (χ2v) is 8.92. The van der Waals surface area contributed by atoms with Gasteiger partial charge in [0.2, 0.25) is 10.0 Å². The first-order valence-electron chi connectivity index (χ1n) is 7.38. The van der Waals surface area contributed by atoms with Crippen LogP contribution >= 0.6 is 27.5 Å². The Hall–Kier alpha value is -0.830. The van der Waals surface area contributed by atoms with Crippen molar-refractivity contribution >= 4 is 43.6 Å². The molecular formula is C14H17BrClN3O3S. The Bertz CT molecular complexity index is 716. The van der Waals surface area contributed by atoms with Gasteiger partial charge in [0.05, 0.1) is 5.02 Å². The smallest absolute Gasteiger partial charge is 0.317 e. The fourth-order valence-electron chi connectivity index (χ4n) is 2.45. The molecule has 1 aliphatic carbocycles. The first-order chi connectivity index (χ1) is 10.9. The molecule has 0 atom stereocenters. The van der Waals surface area contributed by atoms with E-state index in [-0.39, 0.29) is 29.0 Å². The lowest BCUT2D eigenvalue weighted by Crippen LogP contribution is -2.53. The molecule has 2 amide bonds. The SMILES string of the molecule is O=C(NC1CC1)N1CCN(S(=O)(=O)c2ccc(Br)cc2Cl)CC1. The van der Waals surface area contributed by atoms with E-state index in [0.717, 1.165) is 17.3 Å². The van der Waals surface area contributed by atoms with Gasteiger partial charge in [0.25, 0.3) is 0 Å². The van der Waals surface area contributed by atoms with E-state index < -0.39 is 10.0 Å². The molecule has 1 N–H and O–H groups in total. The second-order valence-electron chi connectivity index (χ2n) is 5.69. The molecule has 1 heterocycles. The highest BCUT2D eigenvalue weighted by Gasteiger charge is 2.33. The van der Waals surface area contributed by atoms with E-state index in [1.54, 1.807) is 17.0 Å². The third-order valence-electron chi connectivity index (χ3n) is 3.94. The zero-order chi connectivity index (χ0) is 16.6. The fraction of sp³-hybridized carbons (Fsp3) is 0.500. The Labute approximate surface area is 149 Å². The van der Waals surface area contributed by atoms with Crippen LogP contribution in [0.5, 0.6) is 0 Å². The average molecular weight is 423 g/mol. The van der Waals surface area contributed by atoms with E-state index in [4.69, 9.17) is 11.6 Å². The summed E-state index contributed by atoms with van der Waals surface area (Å²) in [6, 6.07) is 4.90. The molecule has 0 unspecified atom stereocenters. The van der Waals surface area contributed by atoms with E-state index in [9.17, 15) is 13.2 Å². The quantitative estimate of drug-likeness (QED) is 0.812. The molecule has 1 saturated carbocycles. The summed E-state index contributed by atoms with van der Waals surface area (Å²) < 4.78 is 27.5. The number of nitrogens with one attached hydrogen (secondary N) is 1. The Morgan fingerprint density at radius 3 is 2.43 bits per heavy atom. The Morgan fingerprint density at radius 2 is 1.87 bits per heavy atom. The normalized spacial score (nSPS) is 19.7. The maximum atomic E-state index is 12.7. The number of carbonyl (C=O) groups excluding carboxylic acids is 1. The van der Waals surface area contributed by atoms with Gasteiger partial charge < -0.3 is 10.2 Å². The van der Waals surface area contributed by atoms with E-state index >= 15 is 0 Å². The van der Waals surface area contributed by atoms with Crippen LogP contribution in [0.4, 0.5) is 4.79 Å². The molecule has 3 rings (SSSR count). The minimum atomic E-state index is -3.65. The number of hydrogen-bond donors (Lipinski definition) is 1. The molecule has 23 heavy (non-hydrogen) atoms. The number of halogens is 2. The maximum absolute atomic E-state index is 12.7. The molecule has 1 aromatic rings. The average Bonchev–Trinajstić information content (AvgIpc) is 3.31.